The quantitative estimate of drug-likeness (QED) is 0.0802. The highest BCUT2D eigenvalue weighted by molar-refractivity contribution is 5.23. The summed E-state index contributed by atoms with van der Waals surface area (Å²) in [4.78, 5) is 0. The van der Waals surface area contributed by atoms with Crippen LogP contribution in [-0.2, 0) is 0 Å². The van der Waals surface area contributed by atoms with Crippen LogP contribution in [0.4, 0.5) is 0 Å². The predicted molar refractivity (Wildman–Crippen MR) is 264 cm³/mol. The summed E-state index contributed by atoms with van der Waals surface area (Å²) in [6.45, 7) is 66.6. The average molecular weight is 788 g/mol. The Bertz CT molecular complexity index is 996. The molecule has 0 heterocycles. The molecule has 0 aromatic heterocycles. The molecule has 0 aliphatic heterocycles. The van der Waals surface area contributed by atoms with Gasteiger partial charge in [-0.1, -0.05) is 207 Å². The van der Waals surface area contributed by atoms with Crippen LogP contribution in [0.2, 0.25) is 0 Å². The van der Waals surface area contributed by atoms with Gasteiger partial charge in [0.05, 0.1) is 11.9 Å². The van der Waals surface area contributed by atoms with E-state index in [4.69, 9.17) is 5.73 Å². The van der Waals surface area contributed by atoms with Gasteiger partial charge in [0, 0.05) is 11.2 Å². The highest BCUT2D eigenvalue weighted by atomic mass is 15.1. The molecule has 1 saturated carbocycles. The first-order chi connectivity index (χ1) is 26.1. The smallest absolute Gasteiger partial charge is 0.0921 e. The Morgan fingerprint density at radius 1 is 0.732 bits per heavy atom. The van der Waals surface area contributed by atoms with E-state index in [9.17, 15) is 0 Å². The molecule has 4 N–H and O–H groups in total. The van der Waals surface area contributed by atoms with E-state index < -0.39 is 0 Å². The van der Waals surface area contributed by atoms with Crippen molar-refractivity contribution in [2.45, 2.75) is 234 Å². The van der Waals surface area contributed by atoms with E-state index in [2.05, 4.69) is 147 Å². The summed E-state index contributed by atoms with van der Waals surface area (Å²) in [5, 5.41) is 7.43. The van der Waals surface area contributed by atoms with Crippen LogP contribution in [0, 0.1) is 46.8 Å². The van der Waals surface area contributed by atoms with Gasteiger partial charge in [0.2, 0.25) is 0 Å². The van der Waals surface area contributed by atoms with Crippen molar-refractivity contribution in [3.8, 4) is 0 Å². The van der Waals surface area contributed by atoms with E-state index in [0.717, 1.165) is 47.9 Å². The highest BCUT2D eigenvalue weighted by Crippen LogP contribution is 2.41. The Balaban J connectivity index is -0.000000232. The summed E-state index contributed by atoms with van der Waals surface area (Å²) in [5.74, 6) is 5.96. The van der Waals surface area contributed by atoms with E-state index in [-0.39, 0.29) is 5.54 Å². The lowest BCUT2D eigenvalue weighted by Crippen LogP contribution is -2.51. The fraction of sp³-hybridized carbons (Fsp3) is 0.811. The molecule has 1 rings (SSSR count). The van der Waals surface area contributed by atoms with Gasteiger partial charge in [-0.25, -0.2) is 0 Å². The van der Waals surface area contributed by atoms with Crippen LogP contribution in [0.1, 0.15) is 222 Å². The largest absolute Gasteiger partial charge is 0.399 e. The molecule has 1 aliphatic carbocycles. The lowest BCUT2D eigenvalue weighted by atomic mass is 9.69. The minimum atomic E-state index is 0.111. The summed E-state index contributed by atoms with van der Waals surface area (Å²) in [5.41, 5.74) is 10.2. The molecule has 0 aromatic rings. The Morgan fingerprint density at radius 2 is 1.21 bits per heavy atom. The molecule has 3 heteroatoms. The lowest BCUT2D eigenvalue weighted by Gasteiger charge is -2.43. The molecular formula is C53H109N3. The van der Waals surface area contributed by atoms with E-state index >= 15 is 0 Å². The van der Waals surface area contributed by atoms with Gasteiger partial charge in [-0.2, -0.15) is 0 Å². The zero-order valence-corrected chi connectivity index (χ0v) is 42.7. The van der Waals surface area contributed by atoms with Crippen molar-refractivity contribution in [2.24, 2.45) is 52.6 Å². The van der Waals surface area contributed by atoms with Gasteiger partial charge in [0.15, 0.2) is 0 Å². The fourth-order valence-electron chi connectivity index (χ4n) is 8.75. The molecule has 0 radical (unpaired) electrons. The van der Waals surface area contributed by atoms with E-state index in [1.807, 2.05) is 41.5 Å². The number of nitrogens with two attached hydrogens (primary N) is 1. The van der Waals surface area contributed by atoms with Crippen LogP contribution in [-0.4, -0.2) is 11.6 Å². The monoisotopic (exact) mass is 788 g/mol. The SMILES string of the molecule is C=C(C)C(CC)[C@@H](C(C)C)C(C)CC.C=C(N)C(=C)C(C)CC(C)CC.C=C(NC(C(=C)C)C1(C)CCCCC1)N[C@@](C)(CCC)CC(C)C.CC.CC.CC. The lowest BCUT2D eigenvalue weighted by molar-refractivity contribution is 0.165. The summed E-state index contributed by atoms with van der Waals surface area (Å²) in [6, 6.07) is 0.308. The van der Waals surface area contributed by atoms with Gasteiger partial charge in [-0.05, 0) is 112 Å². The van der Waals surface area contributed by atoms with Crippen LogP contribution >= 0.6 is 0 Å². The third-order valence-corrected chi connectivity index (χ3v) is 11.7. The molecule has 0 saturated heterocycles. The number of hydrogen-bond donors (Lipinski definition) is 3. The van der Waals surface area contributed by atoms with Crippen molar-refractivity contribution in [1.82, 2.24) is 10.6 Å². The van der Waals surface area contributed by atoms with Gasteiger partial charge in [-0.3, -0.25) is 0 Å². The summed E-state index contributed by atoms with van der Waals surface area (Å²) in [6.07, 6.45) is 15.0. The molecule has 1 fully saturated rings. The summed E-state index contributed by atoms with van der Waals surface area (Å²) in [7, 11) is 0. The van der Waals surface area contributed by atoms with Gasteiger partial charge < -0.3 is 16.4 Å². The van der Waals surface area contributed by atoms with Gasteiger partial charge in [0.25, 0.3) is 0 Å². The third-order valence-electron chi connectivity index (χ3n) is 11.7. The van der Waals surface area contributed by atoms with Crippen molar-refractivity contribution in [3.05, 3.63) is 61.1 Å². The predicted octanol–water partition coefficient (Wildman–Crippen LogP) is 17.2. The first-order valence-electron chi connectivity index (χ1n) is 23.7. The van der Waals surface area contributed by atoms with Gasteiger partial charge in [-0.15, -0.1) is 0 Å². The van der Waals surface area contributed by atoms with Crippen molar-refractivity contribution in [3.63, 3.8) is 0 Å². The second kappa shape index (κ2) is 36.2. The second-order valence-electron chi connectivity index (χ2n) is 17.9. The van der Waals surface area contributed by atoms with Gasteiger partial charge in [0.1, 0.15) is 0 Å². The number of nitrogens with one attached hydrogen (secondary N) is 2. The molecule has 336 valence electrons. The van der Waals surface area contributed by atoms with Crippen molar-refractivity contribution in [1.29, 1.82) is 0 Å². The first kappa shape index (κ1) is 63.3. The maximum Gasteiger partial charge on any atom is 0.0921 e. The molecular weight excluding hydrogens is 679 g/mol. The van der Waals surface area contributed by atoms with Crippen molar-refractivity contribution in [2.75, 3.05) is 0 Å². The van der Waals surface area contributed by atoms with Crippen LogP contribution in [0.3, 0.4) is 0 Å². The van der Waals surface area contributed by atoms with Crippen molar-refractivity contribution < 1.29 is 0 Å². The average Bonchev–Trinajstić information content (AvgIpc) is 3.14. The molecule has 0 aromatic carbocycles. The molecule has 1 aliphatic rings. The molecule has 7 atom stereocenters. The molecule has 3 nitrogen and oxygen atoms in total. The summed E-state index contributed by atoms with van der Waals surface area (Å²) < 4.78 is 0. The Labute approximate surface area is 357 Å². The van der Waals surface area contributed by atoms with E-state index in [1.54, 1.807) is 0 Å². The Morgan fingerprint density at radius 3 is 1.54 bits per heavy atom. The molecule has 0 spiro atoms. The summed E-state index contributed by atoms with van der Waals surface area (Å²) >= 11 is 0. The number of allylic oxidation sites excluding steroid dienone is 2. The molecule has 0 amide bonds. The molecule has 56 heavy (non-hydrogen) atoms. The molecule has 5 unspecified atom stereocenters. The van der Waals surface area contributed by atoms with Crippen LogP contribution < -0.4 is 16.4 Å². The second-order valence-corrected chi connectivity index (χ2v) is 17.9. The standard InChI is InChI=1S/C22H42N2.C14H28.C11H21N.3C2H6/c1-9-13-22(8,16-17(2)3)24-19(6)23-20(18(4)5)21(7)14-11-10-12-15-21;1-8-12(7)14(11(5)6)13(9-2)10(3)4;1-6-8(2)7-9(3)10(4)11(5)12;3*1-2/h17,20,23-24H,4,6,9-16H2,1-3,5,7-8H3;11-14H,3,8-9H2,1-2,4-7H3;8-9H,4-7,12H2,1-3H3;3*1-2H3/t20?,22-;12?,13?,14-;;;;/m00..../s1. The topological polar surface area (TPSA) is 50.1 Å². The van der Waals surface area contributed by atoms with Crippen LogP contribution in [0.25, 0.3) is 0 Å². The zero-order chi connectivity index (χ0) is 45.4. The minimum Gasteiger partial charge on any atom is -0.399 e. The van der Waals surface area contributed by atoms with E-state index in [0.29, 0.717) is 34.9 Å². The maximum atomic E-state index is 5.56. The zero-order valence-electron chi connectivity index (χ0n) is 42.7. The Kier molecular flexibility index (Phi) is 40.9. The fourth-order valence-corrected chi connectivity index (χ4v) is 8.75. The first-order valence-corrected chi connectivity index (χ1v) is 23.7. The highest BCUT2D eigenvalue weighted by Gasteiger charge is 2.37. The normalized spacial score (nSPS) is 17.1. The Hall–Kier alpha value is -1.90. The van der Waals surface area contributed by atoms with Gasteiger partial charge >= 0.3 is 0 Å². The maximum absolute atomic E-state index is 5.56. The van der Waals surface area contributed by atoms with Crippen LogP contribution in [0.5, 0.6) is 0 Å². The van der Waals surface area contributed by atoms with Crippen LogP contribution in [0.15, 0.2) is 61.1 Å². The minimum absolute atomic E-state index is 0.111. The van der Waals surface area contributed by atoms with Crippen molar-refractivity contribution >= 4 is 0 Å². The third kappa shape index (κ3) is 27.7. The number of hydrogen-bond acceptors (Lipinski definition) is 3. The number of rotatable bonds is 21. The molecule has 0 bridgehead atoms. The van der Waals surface area contributed by atoms with E-state index in [1.165, 1.54) is 75.4 Å².